The van der Waals surface area contributed by atoms with Crippen LogP contribution in [0.2, 0.25) is 0 Å². The second kappa shape index (κ2) is 6.70. The predicted octanol–water partition coefficient (Wildman–Crippen LogP) is 3.63. The van der Waals surface area contributed by atoms with Gasteiger partial charge in [0.2, 0.25) is 5.82 Å². The fraction of sp³-hybridized carbons (Fsp3) is 0.125. The van der Waals surface area contributed by atoms with Gasteiger partial charge in [-0.15, -0.1) is 0 Å². The zero-order valence-electron chi connectivity index (χ0n) is 12.3. The van der Waals surface area contributed by atoms with Crippen molar-refractivity contribution in [3.63, 3.8) is 0 Å². The molecule has 0 heterocycles. The molecule has 0 bridgehead atoms. The largest absolute Gasteiger partial charge is 0.305 e. The van der Waals surface area contributed by atoms with Crippen LogP contribution in [0, 0.1) is 22.9 Å². The summed E-state index contributed by atoms with van der Waals surface area (Å²) in [6.07, 6.45) is 1.22. The first-order valence-corrected chi connectivity index (χ1v) is 8.39. The van der Waals surface area contributed by atoms with Crippen LogP contribution < -0.4 is 0 Å². The summed E-state index contributed by atoms with van der Waals surface area (Å²) in [4.78, 5) is 9.81. The first-order valence-electron chi connectivity index (χ1n) is 6.67. The quantitative estimate of drug-likeness (QED) is 0.617. The van der Waals surface area contributed by atoms with Gasteiger partial charge in [0, 0.05) is 11.5 Å². The number of halogens is 1. The molecule has 0 aliphatic heterocycles. The fourth-order valence-electron chi connectivity index (χ4n) is 1.92. The third-order valence-corrected chi connectivity index (χ3v) is 4.41. The monoisotopic (exact) mass is 335 g/mol. The van der Waals surface area contributed by atoms with Crippen LogP contribution in [0.3, 0.4) is 0 Å². The Bertz CT molecular complexity index is 858. The summed E-state index contributed by atoms with van der Waals surface area (Å²) < 4.78 is 37.3. The van der Waals surface area contributed by atoms with E-state index in [9.17, 15) is 22.9 Å². The van der Waals surface area contributed by atoms with E-state index in [1.807, 2.05) is 19.1 Å². The van der Waals surface area contributed by atoms with E-state index in [2.05, 4.69) is 0 Å². The van der Waals surface area contributed by atoms with E-state index in [1.165, 1.54) is 12.1 Å². The number of aryl methyl sites for hydroxylation is 1. The van der Waals surface area contributed by atoms with Crippen LogP contribution in [-0.4, -0.2) is 13.3 Å². The van der Waals surface area contributed by atoms with Crippen LogP contribution in [0.1, 0.15) is 16.7 Å². The lowest BCUT2D eigenvalue weighted by Gasteiger charge is -2.01. The average molecular weight is 335 g/mol. The Hall–Kier alpha value is -2.54. The minimum atomic E-state index is -3.53. The number of nitro groups is 1. The smallest absolute Gasteiger partial charge is 0.258 e. The van der Waals surface area contributed by atoms with E-state index < -0.39 is 26.3 Å². The minimum Gasteiger partial charge on any atom is -0.258 e. The number of hydrogen-bond acceptors (Lipinski definition) is 4. The summed E-state index contributed by atoms with van der Waals surface area (Å²) >= 11 is 0. The Labute approximate surface area is 133 Å². The molecule has 0 atom stereocenters. The summed E-state index contributed by atoms with van der Waals surface area (Å²) in [5, 5.41) is 11.6. The lowest BCUT2D eigenvalue weighted by atomic mass is 10.2. The first-order chi connectivity index (χ1) is 10.8. The molecule has 5 nitrogen and oxygen atoms in total. The summed E-state index contributed by atoms with van der Waals surface area (Å²) in [6.45, 7) is 1.90. The summed E-state index contributed by atoms with van der Waals surface area (Å²) in [5.41, 5.74) is 1.22. The number of sulfone groups is 1. The van der Waals surface area contributed by atoms with E-state index in [0.29, 0.717) is 5.56 Å². The van der Waals surface area contributed by atoms with Crippen molar-refractivity contribution in [1.82, 2.24) is 0 Å². The molecule has 7 heteroatoms. The lowest BCUT2D eigenvalue weighted by molar-refractivity contribution is -0.387. The van der Waals surface area contributed by atoms with Gasteiger partial charge in [-0.3, -0.25) is 10.1 Å². The van der Waals surface area contributed by atoms with E-state index in [0.717, 1.165) is 23.1 Å². The molecule has 0 radical (unpaired) electrons. The fourth-order valence-corrected chi connectivity index (χ4v) is 3.04. The Balaban J connectivity index is 2.19. The molecule has 120 valence electrons. The van der Waals surface area contributed by atoms with E-state index in [4.69, 9.17) is 0 Å². The maximum Gasteiger partial charge on any atom is 0.305 e. The summed E-state index contributed by atoms with van der Waals surface area (Å²) in [7, 11) is -3.53. The van der Waals surface area contributed by atoms with Gasteiger partial charge in [0.1, 0.15) is 0 Å². The van der Waals surface area contributed by atoms with Gasteiger partial charge in [0.05, 0.1) is 10.7 Å². The Morgan fingerprint density at radius 3 is 2.43 bits per heavy atom. The maximum atomic E-state index is 13.2. The molecule has 2 aromatic carbocycles. The van der Waals surface area contributed by atoms with Crippen LogP contribution in [0.4, 0.5) is 10.1 Å². The molecule has 23 heavy (non-hydrogen) atoms. The number of rotatable bonds is 5. The van der Waals surface area contributed by atoms with E-state index in [1.54, 1.807) is 12.1 Å². The predicted molar refractivity (Wildman–Crippen MR) is 85.9 cm³/mol. The van der Waals surface area contributed by atoms with Gasteiger partial charge in [-0.05, 0) is 30.2 Å². The number of nitro benzene ring substituents is 1. The molecule has 0 aliphatic rings. The normalized spacial score (nSPS) is 11.7. The van der Waals surface area contributed by atoms with Crippen molar-refractivity contribution in [3.8, 4) is 0 Å². The zero-order chi connectivity index (χ0) is 17.0. The van der Waals surface area contributed by atoms with Crippen molar-refractivity contribution in [3.05, 3.63) is 80.5 Å². The minimum absolute atomic E-state index is 0.174. The highest BCUT2D eigenvalue weighted by Gasteiger charge is 2.14. The maximum absolute atomic E-state index is 13.2. The second-order valence-electron chi connectivity index (χ2n) is 5.06. The van der Waals surface area contributed by atoms with Crippen LogP contribution in [-0.2, 0) is 15.6 Å². The van der Waals surface area contributed by atoms with Gasteiger partial charge in [-0.1, -0.05) is 35.9 Å². The molecule has 0 spiro atoms. The van der Waals surface area contributed by atoms with E-state index in [-0.39, 0.29) is 11.3 Å². The highest BCUT2D eigenvalue weighted by atomic mass is 32.2. The highest BCUT2D eigenvalue weighted by molar-refractivity contribution is 7.93. The molecule has 0 aromatic heterocycles. The average Bonchev–Trinajstić information content (AvgIpc) is 2.48. The number of hydrogen-bond donors (Lipinski definition) is 0. The Morgan fingerprint density at radius 2 is 1.83 bits per heavy atom. The molecule has 0 N–H and O–H groups in total. The number of nitrogens with zero attached hydrogens (tertiary/aromatic N) is 1. The standard InChI is InChI=1S/C16H14FNO4S/c1-12-2-4-14(5-3-12)11-23(21,22)9-8-13-6-7-15(17)16(10-13)18(19)20/h2-10H,11H2,1H3/b9-8+. The van der Waals surface area contributed by atoms with Crippen molar-refractivity contribution in [1.29, 1.82) is 0 Å². The van der Waals surface area contributed by atoms with Crippen LogP contribution in [0.25, 0.3) is 6.08 Å². The van der Waals surface area contributed by atoms with Crippen LogP contribution >= 0.6 is 0 Å². The number of benzene rings is 2. The highest BCUT2D eigenvalue weighted by Crippen LogP contribution is 2.20. The molecule has 0 amide bonds. The molecule has 2 aromatic rings. The molecule has 0 saturated heterocycles. The molecule has 0 fully saturated rings. The first kappa shape index (κ1) is 16.8. The van der Waals surface area contributed by atoms with Crippen molar-refractivity contribution in [2.45, 2.75) is 12.7 Å². The van der Waals surface area contributed by atoms with Crippen molar-refractivity contribution >= 4 is 21.6 Å². The lowest BCUT2D eigenvalue weighted by Crippen LogP contribution is -2.00. The Kier molecular flexibility index (Phi) is 4.90. The zero-order valence-corrected chi connectivity index (χ0v) is 13.1. The molecular formula is C16H14FNO4S. The SMILES string of the molecule is Cc1ccc(CS(=O)(=O)/C=C/c2ccc(F)c([N+](=O)[O-])c2)cc1. The molecular weight excluding hydrogens is 321 g/mol. The molecule has 0 aliphatic carbocycles. The van der Waals surface area contributed by atoms with Gasteiger partial charge >= 0.3 is 5.69 Å². The molecule has 0 unspecified atom stereocenters. The van der Waals surface area contributed by atoms with Crippen LogP contribution in [0.5, 0.6) is 0 Å². The van der Waals surface area contributed by atoms with Gasteiger partial charge in [-0.25, -0.2) is 8.42 Å². The third kappa shape index (κ3) is 4.72. The van der Waals surface area contributed by atoms with Crippen molar-refractivity contribution < 1.29 is 17.7 Å². The van der Waals surface area contributed by atoms with Crippen molar-refractivity contribution in [2.24, 2.45) is 0 Å². The second-order valence-corrected chi connectivity index (χ2v) is 6.95. The molecule has 0 saturated carbocycles. The summed E-state index contributed by atoms with van der Waals surface area (Å²) in [5.74, 6) is -1.14. The topological polar surface area (TPSA) is 77.3 Å². The van der Waals surface area contributed by atoms with E-state index >= 15 is 0 Å². The summed E-state index contributed by atoms with van der Waals surface area (Å²) in [6, 6.07) is 10.3. The van der Waals surface area contributed by atoms with Gasteiger partial charge in [-0.2, -0.15) is 4.39 Å². The van der Waals surface area contributed by atoms with Gasteiger partial charge < -0.3 is 0 Å². The third-order valence-electron chi connectivity index (χ3n) is 3.12. The van der Waals surface area contributed by atoms with Gasteiger partial charge in [0.15, 0.2) is 9.84 Å². The van der Waals surface area contributed by atoms with Crippen molar-refractivity contribution in [2.75, 3.05) is 0 Å². The van der Waals surface area contributed by atoms with Gasteiger partial charge in [0.25, 0.3) is 0 Å². The Morgan fingerprint density at radius 1 is 1.17 bits per heavy atom. The van der Waals surface area contributed by atoms with Crippen LogP contribution in [0.15, 0.2) is 47.9 Å². The molecule has 2 rings (SSSR count).